The molecule has 0 fully saturated rings. The van der Waals surface area contributed by atoms with Gasteiger partial charge in [-0.3, -0.25) is 9.36 Å². The van der Waals surface area contributed by atoms with Crippen molar-refractivity contribution in [2.45, 2.75) is 46.1 Å². The molecular weight excluding hydrogens is 527 g/mol. The fraction of sp³-hybridized carbons (Fsp3) is 0.205. The Hall–Kier alpha value is -4.39. The molecule has 3 heteroatoms. The molecule has 0 unspecified atom stereocenters. The zero-order chi connectivity index (χ0) is 29.5. The molecule has 2 heterocycles. The van der Waals surface area contributed by atoms with E-state index in [-0.39, 0.29) is 10.6 Å². The molecule has 0 amide bonds. The molecule has 0 N–H and O–H groups in total. The molecule has 0 aliphatic carbocycles. The summed E-state index contributed by atoms with van der Waals surface area (Å²) >= 11 is 0. The summed E-state index contributed by atoms with van der Waals surface area (Å²) in [4.78, 5) is 14.9. The molecule has 2 nitrogen and oxygen atoms in total. The van der Waals surface area contributed by atoms with Crippen molar-refractivity contribution in [1.82, 2.24) is 4.57 Å². The molecule has 0 bridgehead atoms. The summed E-state index contributed by atoms with van der Waals surface area (Å²) in [5.41, 5.74) is 11.2. The lowest BCUT2D eigenvalue weighted by molar-refractivity contribution is 0.641. The zero-order valence-corrected chi connectivity index (χ0v) is 26.1. The van der Waals surface area contributed by atoms with Crippen molar-refractivity contribution in [1.29, 1.82) is 0 Å². The van der Waals surface area contributed by atoms with Gasteiger partial charge in [-0.05, 0) is 68.7 Å². The third kappa shape index (κ3) is 4.48. The second-order valence-corrected chi connectivity index (χ2v) is 17.0. The monoisotopic (exact) mass is 563 g/mol. The van der Waals surface area contributed by atoms with Crippen molar-refractivity contribution in [2.75, 3.05) is 0 Å². The van der Waals surface area contributed by atoms with Crippen molar-refractivity contribution in [3.8, 4) is 39.5 Å². The van der Waals surface area contributed by atoms with Crippen LogP contribution in [0.15, 0.2) is 120 Å². The van der Waals surface area contributed by atoms with E-state index in [9.17, 15) is 4.79 Å². The lowest BCUT2D eigenvalue weighted by Gasteiger charge is -2.39. The molecule has 5 aromatic rings. The predicted octanol–water partition coefficient (Wildman–Crippen LogP) is 7.64. The van der Waals surface area contributed by atoms with Crippen LogP contribution in [0.25, 0.3) is 28.1 Å². The van der Waals surface area contributed by atoms with E-state index in [1.807, 2.05) is 34.9 Å². The van der Waals surface area contributed by atoms with Crippen molar-refractivity contribution in [2.24, 2.45) is 5.92 Å². The molecule has 208 valence electrons. The van der Waals surface area contributed by atoms with E-state index in [2.05, 4.69) is 131 Å². The van der Waals surface area contributed by atoms with E-state index >= 15 is 0 Å². The molecular formula is C39H37NOSi. The van der Waals surface area contributed by atoms with Crippen LogP contribution in [0.2, 0.25) is 5.04 Å². The highest BCUT2D eigenvalue weighted by Gasteiger charge is 2.56. The summed E-state index contributed by atoms with van der Waals surface area (Å²) in [7, 11) is -2.88. The van der Waals surface area contributed by atoms with Gasteiger partial charge < -0.3 is 0 Å². The average molecular weight is 564 g/mol. The number of fused-ring (bicyclic) bond motifs is 3. The van der Waals surface area contributed by atoms with Crippen LogP contribution in [-0.4, -0.2) is 12.6 Å². The molecule has 1 aromatic heterocycles. The van der Waals surface area contributed by atoms with E-state index in [1.165, 1.54) is 15.9 Å². The molecule has 0 spiro atoms. The third-order valence-corrected chi connectivity index (χ3v) is 13.6. The topological polar surface area (TPSA) is 22.0 Å². The summed E-state index contributed by atoms with van der Waals surface area (Å²) in [6, 6.07) is 39.7. The number of nitrogens with zero attached hydrogens (tertiary/aromatic N) is 1. The lowest BCUT2D eigenvalue weighted by atomic mass is 9.93. The van der Waals surface area contributed by atoms with Crippen molar-refractivity contribution < 1.29 is 0 Å². The first-order valence-corrected chi connectivity index (χ1v) is 16.9. The van der Waals surface area contributed by atoms with Crippen LogP contribution >= 0.6 is 0 Å². The highest BCUT2D eigenvalue weighted by Crippen LogP contribution is 2.45. The molecule has 0 saturated carbocycles. The number of rotatable bonds is 4. The number of hydrogen-bond donors (Lipinski definition) is 0. The van der Waals surface area contributed by atoms with Crippen LogP contribution in [0.3, 0.4) is 0 Å². The van der Waals surface area contributed by atoms with Gasteiger partial charge in [0.1, 0.15) is 0 Å². The summed E-state index contributed by atoms with van der Waals surface area (Å²) in [6.07, 6.45) is 0.706. The third-order valence-electron chi connectivity index (χ3n) is 8.42. The van der Waals surface area contributed by atoms with Gasteiger partial charge in [-0.1, -0.05) is 132 Å². The average Bonchev–Trinajstić information content (AvgIpc) is 3.29. The van der Waals surface area contributed by atoms with Gasteiger partial charge in [0.15, 0.2) is 0 Å². The minimum absolute atomic E-state index is 0.0667. The van der Waals surface area contributed by atoms with Crippen LogP contribution < -0.4 is 15.9 Å². The highest BCUT2D eigenvalue weighted by molar-refractivity contribution is 7.13. The maximum atomic E-state index is 14.9. The number of hydrogen-bond acceptors (Lipinski definition) is 1. The Morgan fingerprint density at radius 1 is 0.762 bits per heavy atom. The van der Waals surface area contributed by atoms with Gasteiger partial charge in [-0.15, -0.1) is 5.54 Å². The second kappa shape index (κ2) is 10.8. The first kappa shape index (κ1) is 27.8. The fourth-order valence-corrected chi connectivity index (χ4v) is 11.6. The fourth-order valence-electron chi connectivity index (χ4n) is 6.62. The molecule has 42 heavy (non-hydrogen) atoms. The molecule has 4 aromatic carbocycles. The number of benzene rings is 4. The quantitative estimate of drug-likeness (QED) is 0.163. The van der Waals surface area contributed by atoms with Crippen LogP contribution in [0, 0.1) is 17.4 Å². The van der Waals surface area contributed by atoms with E-state index in [1.54, 1.807) is 0 Å². The maximum absolute atomic E-state index is 14.9. The Kier molecular flexibility index (Phi) is 7.13. The molecule has 0 saturated heterocycles. The second-order valence-electron chi connectivity index (χ2n) is 12.7. The molecule has 6 rings (SSSR count). The number of pyridine rings is 1. The van der Waals surface area contributed by atoms with Crippen LogP contribution in [-0.2, 0) is 6.42 Å². The first-order chi connectivity index (χ1) is 20.2. The van der Waals surface area contributed by atoms with Crippen molar-refractivity contribution in [3.05, 3.63) is 137 Å². The van der Waals surface area contributed by atoms with Gasteiger partial charge >= 0.3 is 0 Å². The Morgan fingerprint density at radius 2 is 1.33 bits per heavy atom. The smallest absolute Gasteiger partial charge is 0.259 e. The molecule has 1 aliphatic heterocycles. The van der Waals surface area contributed by atoms with Gasteiger partial charge in [-0.25, -0.2) is 0 Å². The van der Waals surface area contributed by atoms with Crippen molar-refractivity contribution in [3.63, 3.8) is 0 Å². The van der Waals surface area contributed by atoms with Crippen LogP contribution in [0.1, 0.15) is 45.7 Å². The standard InChI is InChI=1S/C39H37NOSi/c1-28(2)27-33-35-32-23-15-16-24-34(32)42(39(3,4)5,26-25-29-17-9-6-10-18-29)37(35)36(30-19-11-7-12-20-30)40(38(33)41)31-21-13-8-14-22-31/h6-24,28H,27H2,1-5H3/t42-/m0/s1. The Bertz CT molecular complexity index is 1870. The van der Waals surface area contributed by atoms with Gasteiger partial charge in [0.25, 0.3) is 5.56 Å². The van der Waals surface area contributed by atoms with E-state index in [0.717, 1.165) is 33.6 Å². The Balaban J connectivity index is 1.89. The summed E-state index contributed by atoms with van der Waals surface area (Å²) in [5, 5.41) is 2.40. The first-order valence-electron chi connectivity index (χ1n) is 14.9. The highest BCUT2D eigenvalue weighted by atomic mass is 28.3. The van der Waals surface area contributed by atoms with Crippen LogP contribution in [0.4, 0.5) is 0 Å². The Morgan fingerprint density at radius 3 is 1.95 bits per heavy atom. The number of aromatic nitrogens is 1. The summed E-state index contributed by atoms with van der Waals surface area (Å²) < 4.78 is 2.00. The van der Waals surface area contributed by atoms with Gasteiger partial charge in [0, 0.05) is 16.8 Å². The van der Waals surface area contributed by atoms with Gasteiger partial charge in [0.05, 0.1) is 5.69 Å². The van der Waals surface area contributed by atoms with Gasteiger partial charge in [-0.2, -0.15) is 0 Å². The summed E-state index contributed by atoms with van der Waals surface area (Å²) in [6.45, 7) is 11.4. The zero-order valence-electron chi connectivity index (χ0n) is 25.1. The maximum Gasteiger partial charge on any atom is 0.259 e. The normalized spacial score (nSPS) is 15.6. The largest absolute Gasteiger partial charge is 0.277 e. The minimum Gasteiger partial charge on any atom is -0.277 e. The SMILES string of the molecule is CC(C)Cc1c2c(c(-c3ccccc3)n(-c3ccccc3)c1=O)[Si@@](C#Cc1ccccc1)(C(C)(C)C)c1ccccc1-2. The van der Waals surface area contributed by atoms with Crippen LogP contribution in [0.5, 0.6) is 0 Å². The van der Waals surface area contributed by atoms with E-state index < -0.39 is 8.07 Å². The summed E-state index contributed by atoms with van der Waals surface area (Å²) in [5.74, 6) is 3.97. The lowest BCUT2D eigenvalue weighted by Crippen LogP contribution is -2.62. The molecule has 1 aliphatic rings. The molecule has 0 radical (unpaired) electrons. The van der Waals surface area contributed by atoms with Gasteiger partial charge in [0.2, 0.25) is 8.07 Å². The van der Waals surface area contributed by atoms with E-state index in [0.29, 0.717) is 12.3 Å². The predicted molar refractivity (Wildman–Crippen MR) is 180 cm³/mol. The van der Waals surface area contributed by atoms with E-state index in [4.69, 9.17) is 0 Å². The minimum atomic E-state index is -2.88. The number of para-hydroxylation sites is 1. The van der Waals surface area contributed by atoms with Crippen molar-refractivity contribution >= 4 is 18.4 Å². The molecule has 1 atom stereocenters. The Labute approximate surface area is 250 Å².